The minimum Gasteiger partial charge on any atom is -0.423 e. The van der Waals surface area contributed by atoms with Gasteiger partial charge >= 0.3 is 5.97 Å². The summed E-state index contributed by atoms with van der Waals surface area (Å²) in [5.74, 6) is 0.508. The van der Waals surface area contributed by atoms with Crippen LogP contribution in [0, 0.1) is 13.8 Å². The zero-order chi connectivity index (χ0) is 16.9. The molecule has 24 heavy (non-hydrogen) atoms. The minimum absolute atomic E-state index is 0.433. The predicted octanol–water partition coefficient (Wildman–Crippen LogP) is 3.45. The summed E-state index contributed by atoms with van der Waals surface area (Å²) in [4.78, 5) is 24.6. The smallest absolute Gasteiger partial charge is 0.343 e. The first-order valence-electron chi connectivity index (χ1n) is 7.42. The molecule has 0 amide bonds. The lowest BCUT2D eigenvalue weighted by Gasteiger charge is -2.09. The third-order valence-corrected chi connectivity index (χ3v) is 3.20. The quantitative estimate of drug-likeness (QED) is 0.586. The fourth-order valence-corrected chi connectivity index (χ4v) is 2.20. The second kappa shape index (κ2) is 6.87. The van der Waals surface area contributed by atoms with E-state index >= 15 is 0 Å². The third kappa shape index (κ3) is 3.92. The number of aryl methyl sites for hydroxylation is 2. The van der Waals surface area contributed by atoms with E-state index in [0.29, 0.717) is 17.3 Å². The zero-order valence-electron chi connectivity index (χ0n) is 13.4. The first kappa shape index (κ1) is 15.6. The van der Waals surface area contributed by atoms with E-state index in [-0.39, 0.29) is 0 Å². The molecule has 3 rings (SSSR count). The van der Waals surface area contributed by atoms with Gasteiger partial charge in [-0.1, -0.05) is 6.07 Å². The van der Waals surface area contributed by atoms with E-state index in [0.717, 1.165) is 17.1 Å². The van der Waals surface area contributed by atoms with Crippen LogP contribution in [0.1, 0.15) is 21.7 Å². The number of aromatic nitrogens is 3. The molecular weight excluding hydrogens is 304 g/mol. The number of rotatable bonds is 4. The Labute approximate surface area is 139 Å². The number of pyridine rings is 1. The zero-order valence-corrected chi connectivity index (χ0v) is 13.4. The molecule has 0 aliphatic carbocycles. The molecule has 2 heterocycles. The summed E-state index contributed by atoms with van der Waals surface area (Å²) in [6.45, 7) is 3.82. The van der Waals surface area contributed by atoms with E-state index in [1.807, 2.05) is 26.0 Å². The van der Waals surface area contributed by atoms with Crippen molar-refractivity contribution in [3.05, 3.63) is 71.8 Å². The number of nitrogens with one attached hydrogen (secondary N) is 1. The molecule has 0 aliphatic heterocycles. The average Bonchev–Trinajstić information content (AvgIpc) is 2.55. The van der Waals surface area contributed by atoms with Gasteiger partial charge in [0, 0.05) is 35.5 Å². The topological polar surface area (TPSA) is 77.0 Å². The number of ether oxygens (including phenoxy) is 1. The Morgan fingerprint density at radius 3 is 2.42 bits per heavy atom. The number of anilines is 2. The molecular formula is C18H16N4O2. The molecule has 0 unspecified atom stereocenters. The lowest BCUT2D eigenvalue weighted by molar-refractivity contribution is 0.0735. The predicted molar refractivity (Wildman–Crippen MR) is 90.4 cm³/mol. The number of nitrogens with zero attached hydrogens (tertiary/aromatic N) is 3. The van der Waals surface area contributed by atoms with Crippen LogP contribution < -0.4 is 10.1 Å². The van der Waals surface area contributed by atoms with Crippen molar-refractivity contribution in [1.29, 1.82) is 0 Å². The van der Waals surface area contributed by atoms with Crippen molar-refractivity contribution < 1.29 is 9.53 Å². The molecule has 0 atom stereocenters. The third-order valence-electron chi connectivity index (χ3n) is 3.20. The van der Waals surface area contributed by atoms with Crippen molar-refractivity contribution in [2.45, 2.75) is 13.8 Å². The molecule has 3 aromatic rings. The Kier molecular flexibility index (Phi) is 4.47. The van der Waals surface area contributed by atoms with Gasteiger partial charge in [0.2, 0.25) is 5.95 Å². The second-order valence-corrected chi connectivity index (χ2v) is 5.25. The molecule has 0 spiro atoms. The fraction of sp³-hybridized carbons (Fsp3) is 0.111. The maximum atomic E-state index is 12.1. The summed E-state index contributed by atoms with van der Waals surface area (Å²) in [6, 6.07) is 12.2. The summed E-state index contributed by atoms with van der Waals surface area (Å²) in [5, 5.41) is 3.12. The highest BCUT2D eigenvalue weighted by Gasteiger charge is 2.09. The second-order valence-electron chi connectivity index (χ2n) is 5.25. The van der Waals surface area contributed by atoms with Crippen molar-refractivity contribution in [2.75, 3.05) is 5.32 Å². The Bertz CT molecular complexity index is 846. The van der Waals surface area contributed by atoms with Gasteiger partial charge in [-0.25, -0.2) is 14.8 Å². The van der Waals surface area contributed by atoms with Gasteiger partial charge in [0.05, 0.1) is 5.56 Å². The molecule has 0 fully saturated rings. The van der Waals surface area contributed by atoms with Crippen LogP contribution in [-0.2, 0) is 0 Å². The van der Waals surface area contributed by atoms with Gasteiger partial charge in [0.25, 0.3) is 0 Å². The highest BCUT2D eigenvalue weighted by atomic mass is 16.5. The van der Waals surface area contributed by atoms with Crippen LogP contribution in [0.5, 0.6) is 5.75 Å². The van der Waals surface area contributed by atoms with Gasteiger partial charge in [-0.05, 0) is 44.2 Å². The normalized spacial score (nSPS) is 10.2. The summed E-state index contributed by atoms with van der Waals surface area (Å²) in [6.07, 6.45) is 3.10. The average molecular weight is 320 g/mol. The van der Waals surface area contributed by atoms with Crippen LogP contribution in [-0.4, -0.2) is 20.9 Å². The van der Waals surface area contributed by atoms with Gasteiger partial charge in [-0.2, -0.15) is 0 Å². The summed E-state index contributed by atoms with van der Waals surface area (Å²) in [5.41, 5.74) is 2.94. The highest BCUT2D eigenvalue weighted by Crippen LogP contribution is 2.21. The van der Waals surface area contributed by atoms with E-state index in [1.165, 1.54) is 0 Å². The molecule has 2 aromatic heterocycles. The fourth-order valence-electron chi connectivity index (χ4n) is 2.20. The SMILES string of the molecule is Cc1cc(C)nc(Nc2cccc(OC(=O)c3ccncc3)c2)n1. The number of carbonyl (C=O) groups is 1. The van der Waals surface area contributed by atoms with Crippen molar-refractivity contribution >= 4 is 17.6 Å². The molecule has 0 saturated heterocycles. The summed E-state index contributed by atoms with van der Waals surface area (Å²) < 4.78 is 5.38. The molecule has 0 bridgehead atoms. The molecule has 1 N–H and O–H groups in total. The maximum absolute atomic E-state index is 12.1. The number of hydrogen-bond donors (Lipinski definition) is 1. The van der Waals surface area contributed by atoms with E-state index < -0.39 is 5.97 Å². The van der Waals surface area contributed by atoms with Gasteiger partial charge in [-0.15, -0.1) is 0 Å². The molecule has 120 valence electrons. The van der Waals surface area contributed by atoms with Gasteiger partial charge in [0.1, 0.15) is 5.75 Å². The van der Waals surface area contributed by atoms with E-state index in [4.69, 9.17) is 4.74 Å². The molecule has 1 aromatic carbocycles. The van der Waals surface area contributed by atoms with E-state index in [1.54, 1.807) is 42.7 Å². The monoisotopic (exact) mass is 320 g/mol. The van der Waals surface area contributed by atoms with Crippen LogP contribution in [0.3, 0.4) is 0 Å². The van der Waals surface area contributed by atoms with Gasteiger partial charge < -0.3 is 10.1 Å². The first-order chi connectivity index (χ1) is 11.6. The van der Waals surface area contributed by atoms with Crippen LogP contribution in [0.25, 0.3) is 0 Å². The van der Waals surface area contributed by atoms with Crippen LogP contribution >= 0.6 is 0 Å². The molecule has 6 heteroatoms. The lowest BCUT2D eigenvalue weighted by atomic mass is 10.2. The molecule has 6 nitrogen and oxygen atoms in total. The van der Waals surface area contributed by atoms with Gasteiger partial charge in [-0.3, -0.25) is 4.98 Å². The number of benzene rings is 1. The van der Waals surface area contributed by atoms with Crippen molar-refractivity contribution in [3.63, 3.8) is 0 Å². The van der Waals surface area contributed by atoms with E-state index in [2.05, 4.69) is 20.3 Å². The molecule has 0 saturated carbocycles. The lowest BCUT2D eigenvalue weighted by Crippen LogP contribution is -2.08. The van der Waals surface area contributed by atoms with Crippen molar-refractivity contribution in [3.8, 4) is 5.75 Å². The Hall–Kier alpha value is -3.28. The summed E-state index contributed by atoms with van der Waals surface area (Å²) >= 11 is 0. The molecule has 0 aliphatic rings. The van der Waals surface area contributed by atoms with Crippen LogP contribution in [0.15, 0.2) is 54.9 Å². The number of carbonyl (C=O) groups excluding carboxylic acids is 1. The number of esters is 1. The highest BCUT2D eigenvalue weighted by molar-refractivity contribution is 5.90. The summed E-state index contributed by atoms with van der Waals surface area (Å²) in [7, 11) is 0. The minimum atomic E-state index is -0.433. The standard InChI is InChI=1S/C18H16N4O2/c1-12-10-13(2)21-18(20-12)22-15-4-3-5-16(11-15)24-17(23)14-6-8-19-9-7-14/h3-11H,1-2H3,(H,20,21,22). The molecule has 0 radical (unpaired) electrons. The van der Waals surface area contributed by atoms with E-state index in [9.17, 15) is 4.79 Å². The maximum Gasteiger partial charge on any atom is 0.343 e. The van der Waals surface area contributed by atoms with Gasteiger partial charge in [0.15, 0.2) is 0 Å². The van der Waals surface area contributed by atoms with Crippen LogP contribution in [0.4, 0.5) is 11.6 Å². The first-order valence-corrected chi connectivity index (χ1v) is 7.42. The Morgan fingerprint density at radius 1 is 1.00 bits per heavy atom. The van der Waals surface area contributed by atoms with Crippen molar-refractivity contribution in [1.82, 2.24) is 15.0 Å². The Morgan fingerprint density at radius 2 is 1.71 bits per heavy atom. The number of hydrogen-bond acceptors (Lipinski definition) is 6. The largest absolute Gasteiger partial charge is 0.423 e. The van der Waals surface area contributed by atoms with Crippen LogP contribution in [0.2, 0.25) is 0 Å². The Balaban J connectivity index is 1.75. The van der Waals surface area contributed by atoms with Crippen molar-refractivity contribution in [2.24, 2.45) is 0 Å².